The molecule has 1 aliphatic carbocycles. The second-order valence-corrected chi connectivity index (χ2v) is 12.9. The molecule has 0 bridgehead atoms. The topological polar surface area (TPSA) is 87.7 Å². The molecule has 1 aromatic rings. The molecule has 0 aromatic heterocycles. The minimum atomic E-state index is -0.791. The molecule has 40 heavy (non-hydrogen) atoms. The average Bonchev–Trinajstić information content (AvgIpc) is 2.87. The number of ether oxygens (including phenoxy) is 1. The highest BCUT2D eigenvalue weighted by molar-refractivity contribution is 5.92. The van der Waals surface area contributed by atoms with E-state index < -0.39 is 23.8 Å². The van der Waals surface area contributed by atoms with Gasteiger partial charge in [0.2, 0.25) is 11.8 Å². The second kappa shape index (κ2) is 16.6. The van der Waals surface area contributed by atoms with Gasteiger partial charge in [0.25, 0.3) is 0 Å². The zero-order valence-corrected chi connectivity index (χ0v) is 26.2. The van der Waals surface area contributed by atoms with E-state index >= 15 is 0 Å². The number of nitrogens with zero attached hydrogens (tertiary/aromatic N) is 1. The SMILES string of the molecule is CCCCCCCN(C(=O)C(CC(C)C)NC(=O)OC(C)(C)C)C(C(=O)NC1CCCCC1)c1ccc(C)cc1. The first-order chi connectivity index (χ1) is 18.9. The van der Waals surface area contributed by atoms with Gasteiger partial charge in [-0.1, -0.05) is 95.5 Å². The third-order valence-corrected chi connectivity index (χ3v) is 7.39. The zero-order chi connectivity index (χ0) is 29.7. The van der Waals surface area contributed by atoms with Gasteiger partial charge in [0, 0.05) is 12.6 Å². The van der Waals surface area contributed by atoms with Gasteiger partial charge in [-0.15, -0.1) is 0 Å². The van der Waals surface area contributed by atoms with Crippen LogP contribution in [0.25, 0.3) is 0 Å². The van der Waals surface area contributed by atoms with Crippen LogP contribution < -0.4 is 10.6 Å². The van der Waals surface area contributed by atoms with Crippen LogP contribution >= 0.6 is 0 Å². The zero-order valence-electron chi connectivity index (χ0n) is 26.2. The van der Waals surface area contributed by atoms with E-state index in [1.54, 1.807) is 25.7 Å². The van der Waals surface area contributed by atoms with E-state index in [9.17, 15) is 14.4 Å². The molecule has 1 aliphatic rings. The molecule has 2 rings (SSSR count). The lowest BCUT2D eigenvalue weighted by atomic mass is 9.94. The number of hydrogen-bond donors (Lipinski definition) is 2. The highest BCUT2D eigenvalue weighted by Gasteiger charge is 2.37. The number of carbonyl (C=O) groups is 3. The Hall–Kier alpha value is -2.57. The van der Waals surface area contributed by atoms with E-state index in [2.05, 4.69) is 17.6 Å². The average molecular weight is 558 g/mol. The molecule has 226 valence electrons. The molecule has 2 unspecified atom stereocenters. The van der Waals surface area contributed by atoms with Crippen LogP contribution in [-0.4, -0.2) is 47.0 Å². The van der Waals surface area contributed by atoms with E-state index in [4.69, 9.17) is 4.74 Å². The Kier molecular flexibility index (Phi) is 14.0. The smallest absolute Gasteiger partial charge is 0.408 e. The summed E-state index contributed by atoms with van der Waals surface area (Å²) in [7, 11) is 0. The quantitative estimate of drug-likeness (QED) is 0.236. The van der Waals surface area contributed by atoms with Crippen LogP contribution in [0.2, 0.25) is 0 Å². The van der Waals surface area contributed by atoms with Crippen LogP contribution in [-0.2, 0) is 14.3 Å². The van der Waals surface area contributed by atoms with Gasteiger partial charge >= 0.3 is 6.09 Å². The number of carbonyl (C=O) groups excluding carboxylic acids is 3. The van der Waals surface area contributed by atoms with Gasteiger partial charge in [-0.3, -0.25) is 9.59 Å². The molecule has 1 saturated carbocycles. The summed E-state index contributed by atoms with van der Waals surface area (Å²) < 4.78 is 5.51. The summed E-state index contributed by atoms with van der Waals surface area (Å²) in [5.74, 6) is -0.221. The fraction of sp³-hybridized carbons (Fsp3) is 0.727. The van der Waals surface area contributed by atoms with Crippen molar-refractivity contribution in [3.63, 3.8) is 0 Å². The second-order valence-electron chi connectivity index (χ2n) is 12.9. The third-order valence-electron chi connectivity index (χ3n) is 7.39. The number of benzene rings is 1. The highest BCUT2D eigenvalue weighted by atomic mass is 16.6. The summed E-state index contributed by atoms with van der Waals surface area (Å²) in [6.45, 7) is 14.1. The fourth-order valence-electron chi connectivity index (χ4n) is 5.34. The van der Waals surface area contributed by atoms with Crippen molar-refractivity contribution < 1.29 is 19.1 Å². The molecule has 7 heteroatoms. The van der Waals surface area contributed by atoms with Gasteiger partial charge in [0.15, 0.2) is 0 Å². The lowest BCUT2D eigenvalue weighted by molar-refractivity contribution is -0.143. The largest absolute Gasteiger partial charge is 0.444 e. The van der Waals surface area contributed by atoms with Crippen molar-refractivity contribution in [2.24, 2.45) is 5.92 Å². The lowest BCUT2D eigenvalue weighted by Crippen LogP contribution is -2.54. The molecule has 0 radical (unpaired) electrons. The molecule has 2 atom stereocenters. The van der Waals surface area contributed by atoms with Crippen molar-refractivity contribution >= 4 is 17.9 Å². The van der Waals surface area contributed by atoms with E-state index in [0.717, 1.165) is 68.9 Å². The highest BCUT2D eigenvalue weighted by Crippen LogP contribution is 2.27. The Balaban J connectivity index is 2.44. The predicted molar refractivity (Wildman–Crippen MR) is 162 cm³/mol. The Morgan fingerprint density at radius 1 is 0.975 bits per heavy atom. The number of unbranched alkanes of at least 4 members (excludes halogenated alkanes) is 4. The molecular weight excluding hydrogens is 502 g/mol. The molecule has 0 heterocycles. The van der Waals surface area contributed by atoms with Crippen molar-refractivity contribution in [1.29, 1.82) is 0 Å². The monoisotopic (exact) mass is 557 g/mol. The first-order valence-electron chi connectivity index (χ1n) is 15.6. The molecule has 1 aromatic carbocycles. The summed E-state index contributed by atoms with van der Waals surface area (Å²) in [6, 6.07) is 6.46. The standard InChI is InChI=1S/C33H55N3O4/c1-8-9-10-11-15-22-36(31(38)28(23-24(2)3)35-32(39)40-33(5,6)7)29(26-20-18-25(4)19-21-26)30(37)34-27-16-13-12-14-17-27/h18-21,24,27-29H,8-17,22-23H2,1-7H3,(H,34,37)(H,35,39). The van der Waals surface area contributed by atoms with Gasteiger partial charge in [-0.05, 0) is 64.9 Å². The number of nitrogens with one attached hydrogen (secondary N) is 2. The predicted octanol–water partition coefficient (Wildman–Crippen LogP) is 7.22. The van der Waals surface area contributed by atoms with Crippen molar-refractivity contribution in [2.45, 2.75) is 143 Å². The first kappa shape index (κ1) is 33.6. The lowest BCUT2D eigenvalue weighted by Gasteiger charge is -2.36. The summed E-state index contributed by atoms with van der Waals surface area (Å²) >= 11 is 0. The van der Waals surface area contributed by atoms with Gasteiger partial charge in [0.05, 0.1) is 0 Å². The molecule has 0 spiro atoms. The minimum Gasteiger partial charge on any atom is -0.444 e. The summed E-state index contributed by atoms with van der Waals surface area (Å²) in [4.78, 5) is 42.9. The Labute approximate surface area is 243 Å². The number of hydrogen-bond acceptors (Lipinski definition) is 4. The van der Waals surface area contributed by atoms with Gasteiger partial charge in [-0.2, -0.15) is 0 Å². The van der Waals surface area contributed by atoms with Crippen LogP contribution in [0, 0.1) is 12.8 Å². The van der Waals surface area contributed by atoms with E-state index in [1.165, 1.54) is 6.42 Å². The minimum absolute atomic E-state index is 0.127. The van der Waals surface area contributed by atoms with Crippen LogP contribution in [0.3, 0.4) is 0 Å². The normalized spacial score (nSPS) is 15.8. The van der Waals surface area contributed by atoms with E-state index in [-0.39, 0.29) is 23.8 Å². The van der Waals surface area contributed by atoms with E-state index in [1.807, 2.05) is 45.0 Å². The maximum Gasteiger partial charge on any atom is 0.408 e. The maximum atomic E-state index is 14.4. The van der Waals surface area contributed by atoms with Crippen LogP contribution in [0.15, 0.2) is 24.3 Å². The van der Waals surface area contributed by atoms with Gasteiger partial charge in [0.1, 0.15) is 17.7 Å². The van der Waals surface area contributed by atoms with Crippen LogP contribution in [0.5, 0.6) is 0 Å². The van der Waals surface area contributed by atoms with Crippen LogP contribution in [0.1, 0.15) is 129 Å². The summed E-state index contributed by atoms with van der Waals surface area (Å²) in [5.41, 5.74) is 1.21. The first-order valence-corrected chi connectivity index (χ1v) is 15.6. The molecule has 3 amide bonds. The summed E-state index contributed by atoms with van der Waals surface area (Å²) in [5, 5.41) is 6.13. The van der Waals surface area contributed by atoms with Crippen LogP contribution in [0.4, 0.5) is 4.79 Å². The van der Waals surface area contributed by atoms with E-state index in [0.29, 0.717) is 13.0 Å². The number of amides is 3. The van der Waals surface area contributed by atoms with Crippen molar-refractivity contribution in [1.82, 2.24) is 15.5 Å². The van der Waals surface area contributed by atoms with Gasteiger partial charge < -0.3 is 20.3 Å². The Morgan fingerprint density at radius 3 is 2.17 bits per heavy atom. The number of rotatable bonds is 14. The Morgan fingerprint density at radius 2 is 1.60 bits per heavy atom. The molecular formula is C33H55N3O4. The third kappa shape index (κ3) is 11.9. The van der Waals surface area contributed by atoms with Gasteiger partial charge in [-0.25, -0.2) is 4.79 Å². The van der Waals surface area contributed by atoms with Crippen molar-refractivity contribution in [2.75, 3.05) is 6.54 Å². The fourth-order valence-corrected chi connectivity index (χ4v) is 5.34. The molecule has 7 nitrogen and oxygen atoms in total. The number of aryl methyl sites for hydroxylation is 1. The van der Waals surface area contributed by atoms with Crippen molar-refractivity contribution in [3.05, 3.63) is 35.4 Å². The maximum absolute atomic E-state index is 14.4. The number of alkyl carbamates (subject to hydrolysis) is 1. The molecule has 1 fully saturated rings. The Bertz CT molecular complexity index is 917. The molecule has 0 saturated heterocycles. The molecule has 0 aliphatic heterocycles. The summed E-state index contributed by atoms with van der Waals surface area (Å²) in [6.07, 6.45) is 10.3. The molecule has 2 N–H and O–H groups in total. The van der Waals surface area contributed by atoms with Crippen molar-refractivity contribution in [3.8, 4) is 0 Å².